The first-order valence-electron chi connectivity index (χ1n) is 8.71. The Bertz CT molecular complexity index is 999. The molecule has 6 nitrogen and oxygen atoms in total. The van der Waals surface area contributed by atoms with E-state index in [9.17, 15) is 9.59 Å². The van der Waals surface area contributed by atoms with Crippen LogP contribution in [0.1, 0.15) is 13.3 Å². The quantitative estimate of drug-likeness (QED) is 0.523. The smallest absolute Gasteiger partial charge is 0.231 e. The van der Waals surface area contributed by atoms with E-state index in [1.807, 2.05) is 49.4 Å². The molecule has 138 valence electrons. The lowest BCUT2D eigenvalue weighted by Gasteiger charge is -2.18. The third-order valence-corrected chi connectivity index (χ3v) is 6.31. The summed E-state index contributed by atoms with van der Waals surface area (Å²) in [6.45, 7) is 2.41. The van der Waals surface area contributed by atoms with E-state index in [0.717, 1.165) is 26.6 Å². The van der Waals surface area contributed by atoms with Crippen LogP contribution < -0.4 is 10.2 Å². The Morgan fingerprint density at radius 3 is 2.93 bits per heavy atom. The molecule has 1 saturated heterocycles. The third-order valence-electron chi connectivity index (χ3n) is 4.46. The zero-order valence-electron chi connectivity index (χ0n) is 14.7. The van der Waals surface area contributed by atoms with Crippen molar-refractivity contribution in [3.63, 3.8) is 0 Å². The van der Waals surface area contributed by atoms with Gasteiger partial charge in [-0.3, -0.25) is 9.59 Å². The molecular weight excluding hydrogens is 380 g/mol. The number of nitrogens with zero attached hydrogens (tertiary/aromatic N) is 3. The maximum absolute atomic E-state index is 12.6. The topological polar surface area (TPSA) is 75.2 Å². The number of rotatable bonds is 5. The average Bonchev–Trinajstić information content (AvgIpc) is 3.28. The van der Waals surface area contributed by atoms with Gasteiger partial charge in [0.1, 0.15) is 0 Å². The van der Waals surface area contributed by atoms with Gasteiger partial charge in [-0.1, -0.05) is 66.4 Å². The minimum absolute atomic E-state index is 0.0361. The standard InChI is InChI=1S/C19H18N4O2S2/c1-2-26-19-22-21-18(27-19)20-17(25)13-10-16(24)23(11-13)15-9-5-7-12-6-3-4-8-14(12)15/h3-9,13H,2,10-11H2,1H3,(H,20,21,25)/t13-/m1/s1. The fourth-order valence-electron chi connectivity index (χ4n) is 3.21. The van der Waals surface area contributed by atoms with Crippen LogP contribution in [0.25, 0.3) is 10.8 Å². The van der Waals surface area contributed by atoms with Gasteiger partial charge >= 0.3 is 0 Å². The summed E-state index contributed by atoms with van der Waals surface area (Å²) in [5.41, 5.74) is 0.853. The van der Waals surface area contributed by atoms with Gasteiger partial charge in [0.05, 0.1) is 11.6 Å². The van der Waals surface area contributed by atoms with Crippen LogP contribution in [0.5, 0.6) is 0 Å². The Labute approximate surface area is 165 Å². The minimum atomic E-state index is -0.400. The molecule has 2 aromatic carbocycles. The summed E-state index contributed by atoms with van der Waals surface area (Å²) in [4.78, 5) is 26.9. The summed E-state index contributed by atoms with van der Waals surface area (Å²) < 4.78 is 0.827. The lowest BCUT2D eigenvalue weighted by Crippen LogP contribution is -2.28. The Kier molecular flexibility index (Phi) is 5.09. The molecule has 1 atom stereocenters. The number of aromatic nitrogens is 2. The lowest BCUT2D eigenvalue weighted by molar-refractivity contribution is -0.122. The van der Waals surface area contributed by atoms with Crippen molar-refractivity contribution in [3.05, 3.63) is 42.5 Å². The Morgan fingerprint density at radius 2 is 2.07 bits per heavy atom. The van der Waals surface area contributed by atoms with Gasteiger partial charge in [0.15, 0.2) is 4.34 Å². The number of nitrogens with one attached hydrogen (secondary N) is 1. The van der Waals surface area contributed by atoms with Gasteiger partial charge in [0.25, 0.3) is 0 Å². The molecule has 1 fully saturated rings. The summed E-state index contributed by atoms with van der Waals surface area (Å²) in [5, 5.41) is 13.4. The SMILES string of the molecule is CCSc1nnc(NC(=O)[C@@H]2CC(=O)N(c3cccc4ccccc34)C2)s1. The number of carbonyl (C=O) groups excluding carboxylic acids is 2. The molecule has 0 aliphatic carbocycles. The molecule has 1 N–H and O–H groups in total. The van der Waals surface area contributed by atoms with E-state index in [1.54, 1.807) is 16.7 Å². The molecule has 0 radical (unpaired) electrons. The highest BCUT2D eigenvalue weighted by atomic mass is 32.2. The number of fused-ring (bicyclic) bond motifs is 1. The third kappa shape index (κ3) is 3.68. The highest BCUT2D eigenvalue weighted by Crippen LogP contribution is 2.32. The molecule has 0 spiro atoms. The Balaban J connectivity index is 1.50. The minimum Gasteiger partial charge on any atom is -0.311 e. The van der Waals surface area contributed by atoms with Crippen LogP contribution in [0, 0.1) is 5.92 Å². The molecule has 4 rings (SSSR count). The van der Waals surface area contributed by atoms with Gasteiger partial charge in [-0.05, 0) is 17.2 Å². The first-order chi connectivity index (χ1) is 13.2. The second kappa shape index (κ2) is 7.66. The fraction of sp³-hybridized carbons (Fsp3) is 0.263. The second-order valence-electron chi connectivity index (χ2n) is 6.20. The normalized spacial score (nSPS) is 16.9. The van der Waals surface area contributed by atoms with Gasteiger partial charge in [-0.25, -0.2) is 0 Å². The average molecular weight is 399 g/mol. The van der Waals surface area contributed by atoms with Crippen molar-refractivity contribution in [2.75, 3.05) is 22.5 Å². The Morgan fingerprint density at radius 1 is 1.26 bits per heavy atom. The molecule has 0 saturated carbocycles. The summed E-state index contributed by atoms with van der Waals surface area (Å²) in [5.74, 6) is 0.281. The van der Waals surface area contributed by atoms with Crippen LogP contribution in [0.2, 0.25) is 0 Å². The van der Waals surface area contributed by atoms with Gasteiger partial charge in [-0.15, -0.1) is 10.2 Å². The maximum Gasteiger partial charge on any atom is 0.231 e. The maximum atomic E-state index is 12.6. The van der Waals surface area contributed by atoms with E-state index >= 15 is 0 Å². The van der Waals surface area contributed by atoms with Crippen molar-refractivity contribution >= 4 is 56.5 Å². The van der Waals surface area contributed by atoms with E-state index in [2.05, 4.69) is 15.5 Å². The van der Waals surface area contributed by atoms with Gasteiger partial charge in [-0.2, -0.15) is 0 Å². The number of thioether (sulfide) groups is 1. The zero-order valence-corrected chi connectivity index (χ0v) is 16.3. The van der Waals surface area contributed by atoms with Crippen LogP contribution in [0.4, 0.5) is 10.8 Å². The monoisotopic (exact) mass is 398 g/mol. The first-order valence-corrected chi connectivity index (χ1v) is 10.5. The van der Waals surface area contributed by atoms with Crippen LogP contribution in [0.15, 0.2) is 46.8 Å². The van der Waals surface area contributed by atoms with Crippen LogP contribution in [-0.4, -0.2) is 34.3 Å². The van der Waals surface area contributed by atoms with Crippen LogP contribution in [-0.2, 0) is 9.59 Å². The number of hydrogen-bond acceptors (Lipinski definition) is 6. The predicted molar refractivity (Wildman–Crippen MR) is 109 cm³/mol. The van der Waals surface area contributed by atoms with Crippen LogP contribution >= 0.6 is 23.1 Å². The fourth-order valence-corrected chi connectivity index (χ4v) is 4.86. The summed E-state index contributed by atoms with van der Waals surface area (Å²) in [6, 6.07) is 13.8. The number of hydrogen-bond donors (Lipinski definition) is 1. The molecule has 1 aliphatic heterocycles. The highest BCUT2D eigenvalue weighted by Gasteiger charge is 2.36. The molecule has 2 amide bonds. The number of anilines is 2. The molecular formula is C19H18N4O2S2. The highest BCUT2D eigenvalue weighted by molar-refractivity contribution is 8.01. The van der Waals surface area contributed by atoms with Crippen LogP contribution in [0.3, 0.4) is 0 Å². The number of benzene rings is 2. The molecule has 2 heterocycles. The zero-order chi connectivity index (χ0) is 18.8. The number of amides is 2. The molecule has 1 aliphatic rings. The van der Waals surface area contributed by atoms with Gasteiger partial charge < -0.3 is 10.2 Å². The molecule has 0 unspecified atom stereocenters. The molecule has 3 aromatic rings. The molecule has 0 bridgehead atoms. The molecule has 1 aromatic heterocycles. The molecule has 8 heteroatoms. The van der Waals surface area contributed by atoms with E-state index in [1.165, 1.54) is 11.3 Å². The van der Waals surface area contributed by atoms with Crippen molar-refractivity contribution in [1.82, 2.24) is 10.2 Å². The predicted octanol–water partition coefficient (Wildman–Crippen LogP) is 3.79. The van der Waals surface area contributed by atoms with Crippen molar-refractivity contribution in [2.24, 2.45) is 5.92 Å². The van der Waals surface area contributed by atoms with Crippen molar-refractivity contribution in [1.29, 1.82) is 0 Å². The second-order valence-corrected chi connectivity index (χ2v) is 8.69. The summed E-state index contributed by atoms with van der Waals surface area (Å²) >= 11 is 2.94. The summed E-state index contributed by atoms with van der Waals surface area (Å²) in [6.07, 6.45) is 0.199. The Hall–Kier alpha value is -2.45. The van der Waals surface area contributed by atoms with Crippen molar-refractivity contribution in [2.45, 2.75) is 17.7 Å². The van der Waals surface area contributed by atoms with Gasteiger partial charge in [0, 0.05) is 18.4 Å². The molecule has 27 heavy (non-hydrogen) atoms. The van der Waals surface area contributed by atoms with E-state index in [4.69, 9.17) is 0 Å². The number of carbonyl (C=O) groups is 2. The van der Waals surface area contributed by atoms with Crippen molar-refractivity contribution < 1.29 is 9.59 Å². The first kappa shape index (κ1) is 17.9. The largest absolute Gasteiger partial charge is 0.311 e. The lowest BCUT2D eigenvalue weighted by atomic mass is 10.1. The van der Waals surface area contributed by atoms with Crippen molar-refractivity contribution in [3.8, 4) is 0 Å². The van der Waals surface area contributed by atoms with E-state index in [-0.39, 0.29) is 18.2 Å². The van der Waals surface area contributed by atoms with Gasteiger partial charge in [0.2, 0.25) is 16.9 Å². The van der Waals surface area contributed by atoms with E-state index < -0.39 is 5.92 Å². The summed E-state index contributed by atoms with van der Waals surface area (Å²) in [7, 11) is 0. The van der Waals surface area contributed by atoms with E-state index in [0.29, 0.717) is 11.7 Å².